The number of hydrogen-bond acceptors (Lipinski definition) is 6. The van der Waals surface area contributed by atoms with Crippen molar-refractivity contribution in [1.82, 2.24) is 4.57 Å². The maximum atomic E-state index is 13.6. The highest BCUT2D eigenvalue weighted by molar-refractivity contribution is 14.1. The summed E-state index contributed by atoms with van der Waals surface area (Å²) in [6.45, 7) is 1.94. The van der Waals surface area contributed by atoms with E-state index in [1.54, 1.807) is 11.7 Å². The van der Waals surface area contributed by atoms with Crippen LogP contribution in [0.3, 0.4) is 0 Å². The molecule has 0 saturated carbocycles. The Morgan fingerprint density at radius 2 is 2.00 bits per heavy atom. The first kappa shape index (κ1) is 23.9. The molecule has 0 N–H and O–H groups in total. The van der Waals surface area contributed by atoms with Crippen molar-refractivity contribution in [2.24, 2.45) is 4.99 Å². The topological polar surface area (TPSA) is 69.9 Å². The molecule has 3 aromatic rings. The number of aromatic nitrogens is 1. The van der Waals surface area contributed by atoms with Crippen molar-refractivity contribution in [2.45, 2.75) is 19.4 Å². The fraction of sp³-hybridized carbons (Fsp3) is 0.208. The molecule has 6 nitrogen and oxygen atoms in total. The molecule has 0 spiro atoms. The van der Waals surface area contributed by atoms with Crippen LogP contribution in [0, 0.1) is 3.57 Å². The smallest absolute Gasteiger partial charge is 0.338 e. The van der Waals surface area contributed by atoms with Crippen LogP contribution in [0.25, 0.3) is 6.08 Å². The Hall–Kier alpha value is -2.24. The molecule has 1 aliphatic heterocycles. The van der Waals surface area contributed by atoms with Crippen molar-refractivity contribution in [3.05, 3.63) is 92.6 Å². The summed E-state index contributed by atoms with van der Waals surface area (Å²) in [4.78, 5) is 31.7. The predicted molar refractivity (Wildman–Crippen MR) is 140 cm³/mol. The standard InChI is InChI=1S/C24H20BrIN2O4S/c1-4-17-19(23(30)32-3)20(14-8-6-5-7-9-14)28-22(29)18(33-24(28)27-17)12-13-10-15(25)21(31-2)16(26)11-13/h5-12,20H,4H2,1-3H3/b18-12-/t20-/m0/s1. The molecule has 33 heavy (non-hydrogen) atoms. The Balaban J connectivity index is 1.98. The highest BCUT2D eigenvalue weighted by Crippen LogP contribution is 2.33. The number of rotatable bonds is 5. The summed E-state index contributed by atoms with van der Waals surface area (Å²) in [5, 5.41) is 0. The molecule has 0 unspecified atom stereocenters. The highest BCUT2D eigenvalue weighted by Gasteiger charge is 2.33. The summed E-state index contributed by atoms with van der Waals surface area (Å²) in [6, 6.07) is 12.8. The van der Waals surface area contributed by atoms with Gasteiger partial charge in [-0.1, -0.05) is 48.6 Å². The number of hydrogen-bond donors (Lipinski definition) is 0. The monoisotopic (exact) mass is 638 g/mol. The normalized spacial score (nSPS) is 15.8. The number of allylic oxidation sites excluding steroid dienone is 1. The number of nitrogens with zero attached hydrogens (tertiary/aromatic N) is 2. The molecule has 0 saturated heterocycles. The maximum absolute atomic E-state index is 13.6. The van der Waals surface area contributed by atoms with Gasteiger partial charge >= 0.3 is 5.97 Å². The first-order valence-electron chi connectivity index (χ1n) is 10.1. The van der Waals surface area contributed by atoms with Gasteiger partial charge in [-0.3, -0.25) is 9.36 Å². The summed E-state index contributed by atoms with van der Waals surface area (Å²) >= 11 is 7.04. The van der Waals surface area contributed by atoms with E-state index in [-0.39, 0.29) is 5.56 Å². The van der Waals surface area contributed by atoms with E-state index in [2.05, 4.69) is 43.5 Å². The van der Waals surface area contributed by atoms with Crippen LogP contribution in [0.1, 0.15) is 30.5 Å². The van der Waals surface area contributed by atoms with E-state index in [9.17, 15) is 9.59 Å². The van der Waals surface area contributed by atoms with Crippen molar-refractivity contribution in [2.75, 3.05) is 14.2 Å². The summed E-state index contributed by atoms with van der Waals surface area (Å²) in [7, 11) is 2.97. The molecular formula is C24H20BrIN2O4S. The first-order valence-corrected chi connectivity index (χ1v) is 12.8. The van der Waals surface area contributed by atoms with Crippen molar-refractivity contribution in [3.63, 3.8) is 0 Å². The molecule has 9 heteroatoms. The molecule has 1 aliphatic rings. The van der Waals surface area contributed by atoms with E-state index in [1.807, 2.05) is 55.5 Å². The Morgan fingerprint density at radius 3 is 2.61 bits per heavy atom. The van der Waals surface area contributed by atoms with Gasteiger partial charge in [0.15, 0.2) is 4.80 Å². The molecule has 0 amide bonds. The van der Waals surface area contributed by atoms with E-state index in [1.165, 1.54) is 18.4 Å². The minimum absolute atomic E-state index is 0.203. The summed E-state index contributed by atoms with van der Waals surface area (Å²) in [6.07, 6.45) is 2.38. The Labute approximate surface area is 216 Å². The van der Waals surface area contributed by atoms with Crippen molar-refractivity contribution < 1.29 is 14.3 Å². The zero-order chi connectivity index (χ0) is 23.7. The number of methoxy groups -OCH3 is 2. The first-order chi connectivity index (χ1) is 15.9. The molecule has 170 valence electrons. The minimum Gasteiger partial charge on any atom is -0.494 e. The van der Waals surface area contributed by atoms with Gasteiger partial charge < -0.3 is 9.47 Å². The molecule has 0 aliphatic carbocycles. The maximum Gasteiger partial charge on any atom is 0.338 e. The second-order valence-corrected chi connectivity index (χ2v) is 10.2. The lowest BCUT2D eigenvalue weighted by molar-refractivity contribution is -0.136. The Morgan fingerprint density at radius 1 is 1.27 bits per heavy atom. The fourth-order valence-corrected chi connectivity index (χ4v) is 6.72. The molecule has 1 aromatic heterocycles. The van der Waals surface area contributed by atoms with Crippen LogP contribution in [-0.2, 0) is 9.53 Å². The lowest BCUT2D eigenvalue weighted by atomic mass is 9.95. The molecule has 4 rings (SSSR count). The Bertz CT molecular complexity index is 1420. The number of fused-ring (bicyclic) bond motifs is 1. The van der Waals surface area contributed by atoms with E-state index in [0.717, 1.165) is 24.9 Å². The quantitative estimate of drug-likeness (QED) is 0.311. The number of benzene rings is 2. The minimum atomic E-state index is -0.602. The van der Waals surface area contributed by atoms with Gasteiger partial charge in [-0.25, -0.2) is 9.79 Å². The van der Waals surface area contributed by atoms with Gasteiger partial charge in [0.1, 0.15) is 5.75 Å². The van der Waals surface area contributed by atoms with Gasteiger partial charge in [-0.2, -0.15) is 0 Å². The predicted octanol–water partition coefficient (Wildman–Crippen LogP) is 4.17. The van der Waals surface area contributed by atoms with Crippen molar-refractivity contribution in [3.8, 4) is 5.75 Å². The molecule has 2 heterocycles. The number of esters is 1. The molecule has 0 fully saturated rings. The van der Waals surface area contributed by atoms with Gasteiger partial charge in [-0.15, -0.1) is 0 Å². The number of thiazole rings is 1. The molecule has 2 aromatic carbocycles. The van der Waals surface area contributed by atoms with Crippen LogP contribution in [0.5, 0.6) is 5.75 Å². The SMILES string of the molecule is CCC1=C(C(=O)OC)[C@H](c2ccccc2)n2c(s/c(=C\c3cc(Br)c(OC)c(I)c3)c2=O)=N1. The molecule has 1 atom stereocenters. The molecule has 0 bridgehead atoms. The van der Waals surface area contributed by atoms with Crippen LogP contribution >= 0.6 is 49.9 Å². The Kier molecular flexibility index (Phi) is 7.20. The third-order valence-corrected chi connectivity index (χ3v) is 7.66. The van der Waals surface area contributed by atoms with Crippen LogP contribution in [0.4, 0.5) is 0 Å². The highest BCUT2D eigenvalue weighted by atomic mass is 127. The largest absolute Gasteiger partial charge is 0.494 e. The number of ether oxygens (including phenoxy) is 2. The van der Waals surface area contributed by atoms with Gasteiger partial charge in [-0.05, 0) is 74.3 Å². The zero-order valence-corrected chi connectivity index (χ0v) is 22.7. The van der Waals surface area contributed by atoms with E-state index >= 15 is 0 Å². The van der Waals surface area contributed by atoms with Gasteiger partial charge in [0.2, 0.25) is 0 Å². The zero-order valence-electron chi connectivity index (χ0n) is 18.1. The molecular weight excluding hydrogens is 619 g/mol. The summed E-state index contributed by atoms with van der Waals surface area (Å²) in [5.74, 6) is 0.265. The van der Waals surface area contributed by atoms with E-state index in [0.29, 0.717) is 27.0 Å². The summed E-state index contributed by atoms with van der Waals surface area (Å²) < 4.78 is 14.3. The van der Waals surface area contributed by atoms with Crippen LogP contribution in [-0.4, -0.2) is 24.8 Å². The van der Waals surface area contributed by atoms with Crippen molar-refractivity contribution >= 4 is 61.9 Å². The molecule has 0 radical (unpaired) electrons. The average molecular weight is 639 g/mol. The van der Waals surface area contributed by atoms with Gasteiger partial charge in [0.05, 0.1) is 44.1 Å². The lowest BCUT2D eigenvalue weighted by Gasteiger charge is -2.25. The van der Waals surface area contributed by atoms with E-state index < -0.39 is 12.0 Å². The van der Waals surface area contributed by atoms with Crippen LogP contribution < -0.4 is 19.6 Å². The van der Waals surface area contributed by atoms with Gasteiger partial charge in [0.25, 0.3) is 5.56 Å². The number of carbonyl (C=O) groups is 1. The lowest BCUT2D eigenvalue weighted by Crippen LogP contribution is -2.40. The summed E-state index contributed by atoms with van der Waals surface area (Å²) in [5.41, 5.74) is 2.51. The average Bonchev–Trinajstić information content (AvgIpc) is 3.12. The van der Waals surface area contributed by atoms with Gasteiger partial charge in [0, 0.05) is 0 Å². The number of halogens is 2. The second-order valence-electron chi connectivity index (χ2n) is 7.22. The van der Waals surface area contributed by atoms with Crippen molar-refractivity contribution in [1.29, 1.82) is 0 Å². The van der Waals surface area contributed by atoms with Crippen LogP contribution in [0.2, 0.25) is 0 Å². The second kappa shape index (κ2) is 9.94. The third-order valence-electron chi connectivity index (χ3n) is 5.29. The van der Waals surface area contributed by atoms with Crippen LogP contribution in [0.15, 0.2) is 68.0 Å². The fourth-order valence-electron chi connectivity index (χ4n) is 3.82. The third kappa shape index (κ3) is 4.45. The number of carbonyl (C=O) groups excluding carboxylic acids is 1. The van der Waals surface area contributed by atoms with E-state index in [4.69, 9.17) is 9.47 Å².